The van der Waals surface area contributed by atoms with Gasteiger partial charge in [0.25, 0.3) is 0 Å². The van der Waals surface area contributed by atoms with Crippen molar-refractivity contribution in [3.05, 3.63) is 12.2 Å². The second kappa shape index (κ2) is 73.9. The van der Waals surface area contributed by atoms with Crippen molar-refractivity contribution in [2.24, 2.45) is 0 Å². The van der Waals surface area contributed by atoms with Crippen LogP contribution >= 0.6 is 0 Å². The zero-order valence-electron chi connectivity index (χ0n) is 56.3. The number of unbranched alkanes of at least 4 members (excludes halogenated alkanes) is 63. The lowest BCUT2D eigenvalue weighted by Gasteiger charge is -2.15. The Morgan fingerprint density at radius 3 is 0.659 bits per heavy atom. The Morgan fingerprint density at radius 1 is 0.268 bits per heavy atom. The minimum atomic E-state index is -0.767. The minimum absolute atomic E-state index is 0.0560. The monoisotopic (exact) mass is 1160 g/mol. The second-order valence-electron chi connectivity index (χ2n) is 26.4. The lowest BCUT2D eigenvalue weighted by Crippen LogP contribution is -2.28. The first-order valence-electron chi connectivity index (χ1n) is 38.2. The lowest BCUT2D eigenvalue weighted by atomic mass is 10.0. The van der Waals surface area contributed by atoms with Crippen LogP contribution in [0.25, 0.3) is 0 Å². The Morgan fingerprint density at radius 2 is 0.451 bits per heavy atom. The van der Waals surface area contributed by atoms with Gasteiger partial charge in [-0.15, -0.1) is 0 Å². The van der Waals surface area contributed by atoms with Crippen LogP contribution in [0, 0.1) is 0 Å². The molecule has 0 amide bonds. The molecule has 0 heterocycles. The first-order valence-corrected chi connectivity index (χ1v) is 38.2. The van der Waals surface area contributed by atoms with Gasteiger partial charge in [0, 0.05) is 12.8 Å². The third-order valence-corrected chi connectivity index (χ3v) is 18.1. The largest absolute Gasteiger partial charge is 0.462 e. The standard InChI is InChI=1S/C77H150O5/c1-3-5-7-9-11-13-15-17-19-21-23-25-27-29-31-33-34-35-36-37-38-39-40-41-42-44-46-48-50-52-54-56-58-60-62-64-66-68-70-72-77(80)82-75(73-78)74-81-76(79)71-69-67-65-63-61-59-57-55-53-51-49-47-45-43-32-30-28-26-24-22-20-18-16-14-12-10-8-6-4-2/h21,23,75,78H,3-20,22,24-74H2,1-2H3/b23-21-. The highest BCUT2D eigenvalue weighted by molar-refractivity contribution is 5.70. The fourth-order valence-corrected chi connectivity index (χ4v) is 12.3. The highest BCUT2D eigenvalue weighted by Gasteiger charge is 2.16. The van der Waals surface area contributed by atoms with E-state index in [0.29, 0.717) is 12.8 Å². The smallest absolute Gasteiger partial charge is 0.306 e. The number of carbonyl (C=O) groups is 2. The van der Waals surface area contributed by atoms with Crippen LogP contribution in [-0.2, 0) is 19.1 Å². The molecule has 488 valence electrons. The fraction of sp³-hybridized carbons (Fsp3) is 0.948. The molecule has 0 radical (unpaired) electrons. The second-order valence-corrected chi connectivity index (χ2v) is 26.4. The first kappa shape index (κ1) is 80.6. The number of allylic oxidation sites excluding steroid dienone is 2. The molecular formula is C77H150O5. The van der Waals surface area contributed by atoms with Crippen LogP contribution in [0.1, 0.15) is 450 Å². The van der Waals surface area contributed by atoms with E-state index in [9.17, 15) is 14.7 Å². The highest BCUT2D eigenvalue weighted by Crippen LogP contribution is 2.20. The lowest BCUT2D eigenvalue weighted by molar-refractivity contribution is -0.161. The minimum Gasteiger partial charge on any atom is -0.462 e. The van der Waals surface area contributed by atoms with Gasteiger partial charge in [-0.25, -0.2) is 0 Å². The molecule has 0 aliphatic carbocycles. The summed E-state index contributed by atoms with van der Waals surface area (Å²) in [6.07, 6.45) is 95.8. The molecule has 1 atom stereocenters. The fourth-order valence-electron chi connectivity index (χ4n) is 12.3. The number of carbonyl (C=O) groups excluding carboxylic acids is 2. The number of aliphatic hydroxyl groups excluding tert-OH is 1. The molecule has 0 aliphatic rings. The Bertz CT molecular complexity index is 1220. The van der Waals surface area contributed by atoms with Gasteiger partial charge >= 0.3 is 11.9 Å². The van der Waals surface area contributed by atoms with E-state index in [4.69, 9.17) is 9.47 Å². The van der Waals surface area contributed by atoms with Crippen LogP contribution in [0.3, 0.4) is 0 Å². The maximum atomic E-state index is 12.4. The van der Waals surface area contributed by atoms with E-state index in [2.05, 4.69) is 26.0 Å². The van der Waals surface area contributed by atoms with Crippen LogP contribution in [0.15, 0.2) is 12.2 Å². The predicted molar refractivity (Wildman–Crippen MR) is 362 cm³/mol. The van der Waals surface area contributed by atoms with Gasteiger partial charge in [-0.3, -0.25) is 9.59 Å². The van der Waals surface area contributed by atoms with Gasteiger partial charge in [-0.05, 0) is 38.5 Å². The molecule has 0 bridgehead atoms. The Hall–Kier alpha value is -1.36. The van der Waals surface area contributed by atoms with Crippen molar-refractivity contribution in [3.8, 4) is 0 Å². The molecule has 0 aromatic heterocycles. The highest BCUT2D eigenvalue weighted by atomic mass is 16.6. The number of rotatable bonds is 73. The summed E-state index contributed by atoms with van der Waals surface area (Å²) in [5.41, 5.74) is 0. The number of esters is 2. The van der Waals surface area contributed by atoms with Crippen LogP contribution in [0.4, 0.5) is 0 Å². The molecule has 0 aromatic carbocycles. The average Bonchev–Trinajstić information content (AvgIpc) is 3.49. The van der Waals surface area contributed by atoms with Gasteiger partial charge < -0.3 is 14.6 Å². The zero-order chi connectivity index (χ0) is 59.1. The van der Waals surface area contributed by atoms with Crippen LogP contribution in [0.2, 0.25) is 0 Å². The normalized spacial score (nSPS) is 12.1. The summed E-state index contributed by atoms with van der Waals surface area (Å²) in [6.45, 7) is 4.22. The van der Waals surface area contributed by atoms with Crippen molar-refractivity contribution < 1.29 is 24.2 Å². The van der Waals surface area contributed by atoms with E-state index >= 15 is 0 Å². The van der Waals surface area contributed by atoms with Crippen molar-refractivity contribution in [2.45, 2.75) is 457 Å². The molecule has 82 heavy (non-hydrogen) atoms. The maximum absolute atomic E-state index is 12.4. The van der Waals surface area contributed by atoms with Gasteiger partial charge in [-0.1, -0.05) is 411 Å². The molecule has 0 aliphatic heterocycles. The van der Waals surface area contributed by atoms with Crippen molar-refractivity contribution in [2.75, 3.05) is 13.2 Å². The molecule has 0 saturated heterocycles. The van der Waals surface area contributed by atoms with Crippen LogP contribution in [-0.4, -0.2) is 36.4 Å². The molecule has 5 nitrogen and oxygen atoms in total. The summed E-state index contributed by atoms with van der Waals surface area (Å²) in [5, 5.41) is 9.72. The molecule has 0 fully saturated rings. The number of hydrogen-bond donors (Lipinski definition) is 1. The summed E-state index contributed by atoms with van der Waals surface area (Å²) in [4.78, 5) is 24.7. The average molecular weight is 1160 g/mol. The maximum Gasteiger partial charge on any atom is 0.306 e. The number of hydrogen-bond acceptors (Lipinski definition) is 5. The molecule has 0 rings (SSSR count). The van der Waals surface area contributed by atoms with Crippen LogP contribution in [0.5, 0.6) is 0 Å². The Kier molecular flexibility index (Phi) is 72.7. The topological polar surface area (TPSA) is 72.8 Å². The third-order valence-electron chi connectivity index (χ3n) is 18.1. The molecule has 5 heteroatoms. The molecule has 1 unspecified atom stereocenters. The summed E-state index contributed by atoms with van der Waals surface area (Å²) in [7, 11) is 0. The Labute approximate surface area is 515 Å². The summed E-state index contributed by atoms with van der Waals surface area (Å²) in [5.74, 6) is -0.558. The quantitative estimate of drug-likeness (QED) is 0.0373. The molecule has 0 spiro atoms. The first-order chi connectivity index (χ1) is 40.6. The van der Waals surface area contributed by atoms with Crippen molar-refractivity contribution >= 4 is 11.9 Å². The van der Waals surface area contributed by atoms with E-state index in [-0.39, 0.29) is 25.2 Å². The van der Waals surface area contributed by atoms with E-state index < -0.39 is 6.10 Å². The molecule has 0 saturated carbocycles. The van der Waals surface area contributed by atoms with Crippen molar-refractivity contribution in [1.82, 2.24) is 0 Å². The van der Waals surface area contributed by atoms with E-state index in [1.165, 1.54) is 392 Å². The van der Waals surface area contributed by atoms with E-state index in [0.717, 1.165) is 32.1 Å². The van der Waals surface area contributed by atoms with Gasteiger partial charge in [0.1, 0.15) is 6.61 Å². The molecular weight excluding hydrogens is 1000 g/mol. The zero-order valence-corrected chi connectivity index (χ0v) is 56.3. The summed E-state index contributed by atoms with van der Waals surface area (Å²) in [6, 6.07) is 0. The summed E-state index contributed by atoms with van der Waals surface area (Å²) < 4.78 is 10.8. The SMILES string of the molecule is CCCCCCCCCC/C=C\CCCCCCCCCCCCCCCCCCCCCCCCCCCCCC(=O)OC(CO)COC(=O)CCCCCCCCCCCCCCCCCCCCCCCCCCCCCCC. The van der Waals surface area contributed by atoms with Gasteiger partial charge in [0.05, 0.1) is 6.61 Å². The van der Waals surface area contributed by atoms with Crippen molar-refractivity contribution in [1.29, 1.82) is 0 Å². The molecule has 0 aromatic rings. The number of ether oxygens (including phenoxy) is 2. The van der Waals surface area contributed by atoms with E-state index in [1.54, 1.807) is 0 Å². The number of aliphatic hydroxyl groups is 1. The van der Waals surface area contributed by atoms with Gasteiger partial charge in [0.2, 0.25) is 0 Å². The van der Waals surface area contributed by atoms with Crippen LogP contribution < -0.4 is 0 Å². The third kappa shape index (κ3) is 71.1. The Balaban J connectivity index is 3.34. The van der Waals surface area contributed by atoms with Gasteiger partial charge in [0.15, 0.2) is 6.10 Å². The summed E-state index contributed by atoms with van der Waals surface area (Å²) >= 11 is 0. The van der Waals surface area contributed by atoms with Gasteiger partial charge in [-0.2, -0.15) is 0 Å². The van der Waals surface area contributed by atoms with Crippen molar-refractivity contribution in [3.63, 3.8) is 0 Å². The van der Waals surface area contributed by atoms with E-state index in [1.807, 2.05) is 0 Å². The predicted octanol–water partition coefficient (Wildman–Crippen LogP) is 26.6. The molecule has 1 N–H and O–H groups in total.